The highest BCUT2D eigenvalue weighted by molar-refractivity contribution is 7.31. The van der Waals surface area contributed by atoms with Crippen LogP contribution in [0.3, 0.4) is 0 Å². The minimum absolute atomic E-state index is 0.939. The van der Waals surface area contributed by atoms with Crippen LogP contribution in [0.15, 0.2) is 97.6 Å². The number of hydrogen-bond acceptors (Lipinski definition) is 6. The van der Waals surface area contributed by atoms with Gasteiger partial charge in [-0.05, 0) is 56.2 Å². The zero-order valence-corrected chi connectivity index (χ0v) is 25.0. The highest BCUT2D eigenvalue weighted by Crippen LogP contribution is 2.48. The number of hydrogen-bond donors (Lipinski definition) is 0. The molecule has 0 amide bonds. The molecule has 0 spiro atoms. The smallest absolute Gasteiger partial charge is 0.116 e. The molecular formula is C34H22N4S2Si. The van der Waals surface area contributed by atoms with Crippen LogP contribution < -0.4 is 10.4 Å². The highest BCUT2D eigenvalue weighted by Gasteiger charge is 2.41. The van der Waals surface area contributed by atoms with Crippen molar-refractivity contribution in [2.24, 2.45) is 0 Å². The van der Waals surface area contributed by atoms with E-state index in [2.05, 4.69) is 95.9 Å². The van der Waals surface area contributed by atoms with Gasteiger partial charge in [-0.2, -0.15) is 0 Å². The quantitative estimate of drug-likeness (QED) is 0.153. The Morgan fingerprint density at radius 3 is 1.46 bits per heavy atom. The minimum Gasteiger partial charge on any atom is -0.253 e. The molecule has 0 N–H and O–H groups in total. The lowest BCUT2D eigenvalue weighted by molar-refractivity contribution is 1.30. The summed E-state index contributed by atoms with van der Waals surface area (Å²) in [6, 6.07) is 26.5. The van der Waals surface area contributed by atoms with Crippen molar-refractivity contribution in [1.29, 1.82) is 0 Å². The zero-order valence-electron chi connectivity index (χ0n) is 22.3. The molecule has 7 heteroatoms. The predicted molar refractivity (Wildman–Crippen MR) is 176 cm³/mol. The van der Waals surface area contributed by atoms with E-state index in [1.807, 2.05) is 35.1 Å². The van der Waals surface area contributed by atoms with Gasteiger partial charge in [-0.25, -0.2) is 0 Å². The molecule has 0 saturated carbocycles. The lowest BCUT2D eigenvalue weighted by atomic mass is 10.0. The number of aromatic nitrogens is 4. The van der Waals surface area contributed by atoms with E-state index in [0.29, 0.717) is 0 Å². The van der Waals surface area contributed by atoms with E-state index in [9.17, 15) is 0 Å². The van der Waals surface area contributed by atoms with E-state index < -0.39 is 8.07 Å². The molecule has 0 aliphatic carbocycles. The van der Waals surface area contributed by atoms with Crippen molar-refractivity contribution >= 4 is 84.7 Å². The van der Waals surface area contributed by atoms with Crippen molar-refractivity contribution in [2.45, 2.75) is 13.1 Å². The third-order valence-corrected chi connectivity index (χ3v) is 14.8. The van der Waals surface area contributed by atoms with Gasteiger partial charge < -0.3 is 0 Å². The summed E-state index contributed by atoms with van der Waals surface area (Å²) >= 11 is 3.83. The normalized spacial score (nSPS) is 13.8. The van der Waals surface area contributed by atoms with Gasteiger partial charge in [0.1, 0.15) is 8.07 Å². The van der Waals surface area contributed by atoms with E-state index in [1.54, 1.807) is 12.4 Å². The SMILES string of the molecule is C[Si]1(C)c2cc(-c3c4ccccc4cc4nccnc34)sc2-c2sc(-c3c4ccccc4cc4nccnc34)cc21. The summed E-state index contributed by atoms with van der Waals surface area (Å²) in [5, 5.41) is 7.91. The Kier molecular flexibility index (Phi) is 4.77. The van der Waals surface area contributed by atoms with Gasteiger partial charge in [0, 0.05) is 55.4 Å². The van der Waals surface area contributed by atoms with Gasteiger partial charge in [-0.3, -0.25) is 19.9 Å². The van der Waals surface area contributed by atoms with Crippen LogP contribution in [0.4, 0.5) is 0 Å². The summed E-state index contributed by atoms with van der Waals surface area (Å²) in [7, 11) is -1.93. The zero-order chi connectivity index (χ0) is 27.3. The molecule has 8 aromatic rings. The van der Waals surface area contributed by atoms with Crippen molar-refractivity contribution in [2.75, 3.05) is 0 Å². The first kappa shape index (κ1) is 23.4. The van der Waals surface area contributed by atoms with Crippen LogP contribution in [0, 0.1) is 0 Å². The van der Waals surface area contributed by atoms with Crippen LogP contribution in [0.2, 0.25) is 13.1 Å². The average molecular weight is 579 g/mol. The molecule has 41 heavy (non-hydrogen) atoms. The van der Waals surface area contributed by atoms with Crippen LogP contribution in [0.1, 0.15) is 0 Å². The van der Waals surface area contributed by atoms with Gasteiger partial charge >= 0.3 is 0 Å². The molecule has 0 atom stereocenters. The summed E-state index contributed by atoms with van der Waals surface area (Å²) in [6.07, 6.45) is 7.18. The fourth-order valence-electron chi connectivity index (χ4n) is 6.48. The number of benzene rings is 4. The van der Waals surface area contributed by atoms with E-state index in [4.69, 9.17) is 9.97 Å². The van der Waals surface area contributed by atoms with Crippen molar-refractivity contribution in [3.8, 4) is 30.6 Å². The lowest BCUT2D eigenvalue weighted by Crippen LogP contribution is -2.48. The second kappa shape index (κ2) is 8.36. The molecule has 0 fully saturated rings. The Balaban J connectivity index is 1.30. The number of rotatable bonds is 2. The van der Waals surface area contributed by atoms with Crippen LogP contribution in [0.5, 0.6) is 0 Å². The number of nitrogens with zero attached hydrogens (tertiary/aromatic N) is 4. The van der Waals surface area contributed by atoms with E-state index in [0.717, 1.165) is 22.1 Å². The fraction of sp³-hybridized carbons (Fsp3) is 0.0588. The maximum absolute atomic E-state index is 4.82. The molecule has 4 nitrogen and oxygen atoms in total. The van der Waals surface area contributed by atoms with Crippen molar-refractivity contribution < 1.29 is 0 Å². The molecule has 9 rings (SSSR count). The Morgan fingerprint density at radius 2 is 0.976 bits per heavy atom. The summed E-state index contributed by atoms with van der Waals surface area (Å²) in [6.45, 7) is 4.99. The topological polar surface area (TPSA) is 51.6 Å². The molecule has 0 radical (unpaired) electrons. The van der Waals surface area contributed by atoms with Gasteiger partial charge in [0.15, 0.2) is 0 Å². The van der Waals surface area contributed by atoms with Gasteiger partial charge in [0.2, 0.25) is 0 Å². The molecular weight excluding hydrogens is 557 g/mol. The Labute approximate surface area is 245 Å². The first-order chi connectivity index (χ1) is 20.1. The van der Waals surface area contributed by atoms with Gasteiger partial charge in [-0.1, -0.05) is 61.6 Å². The third kappa shape index (κ3) is 3.25. The second-order valence-corrected chi connectivity index (χ2v) is 17.6. The minimum atomic E-state index is -1.93. The maximum Gasteiger partial charge on any atom is 0.116 e. The van der Waals surface area contributed by atoms with E-state index in [-0.39, 0.29) is 0 Å². The molecule has 4 aromatic carbocycles. The molecule has 0 bridgehead atoms. The van der Waals surface area contributed by atoms with Crippen molar-refractivity contribution in [1.82, 2.24) is 19.9 Å². The monoisotopic (exact) mass is 578 g/mol. The van der Waals surface area contributed by atoms with Gasteiger partial charge in [-0.15, -0.1) is 22.7 Å². The summed E-state index contributed by atoms with van der Waals surface area (Å²) in [5.41, 5.74) is 6.22. The molecule has 5 heterocycles. The van der Waals surface area contributed by atoms with Crippen LogP contribution in [-0.4, -0.2) is 28.0 Å². The molecule has 0 saturated heterocycles. The standard InChI is InChI=1S/C34H22N4S2Si/c1-41(2)27-17-25(29-21-9-5-3-7-19(21)15-23-31(29)37-13-11-35-23)39-33(27)34-28(41)18-26(40-34)30-22-10-6-4-8-20(22)16-24-32(30)38-14-12-36-24/h3-18H,1-2H3. The fourth-order valence-corrected chi connectivity index (χ4v) is 13.8. The molecule has 1 aliphatic heterocycles. The number of fused-ring (bicyclic) bond motifs is 7. The molecule has 4 aromatic heterocycles. The Bertz CT molecular complexity index is 2100. The van der Waals surface area contributed by atoms with Crippen molar-refractivity contribution in [3.05, 3.63) is 97.6 Å². The summed E-state index contributed by atoms with van der Waals surface area (Å²) in [4.78, 5) is 24.4. The van der Waals surface area contributed by atoms with Crippen molar-refractivity contribution in [3.63, 3.8) is 0 Å². The first-order valence-electron chi connectivity index (χ1n) is 13.6. The van der Waals surface area contributed by atoms with Gasteiger partial charge in [0.25, 0.3) is 0 Å². The molecule has 0 unspecified atom stereocenters. The molecule has 194 valence electrons. The third-order valence-electron chi connectivity index (χ3n) is 8.48. The van der Waals surface area contributed by atoms with E-state index >= 15 is 0 Å². The summed E-state index contributed by atoms with van der Waals surface area (Å²) in [5.74, 6) is 0. The average Bonchev–Trinajstić information content (AvgIpc) is 3.68. The van der Waals surface area contributed by atoms with Crippen LogP contribution in [0.25, 0.3) is 74.2 Å². The van der Waals surface area contributed by atoms with Crippen LogP contribution in [-0.2, 0) is 0 Å². The molecule has 1 aliphatic rings. The Hall–Kier alpha value is -4.30. The lowest BCUT2D eigenvalue weighted by Gasteiger charge is -2.16. The van der Waals surface area contributed by atoms with Gasteiger partial charge in [0.05, 0.1) is 22.1 Å². The number of thiophene rings is 2. The largest absolute Gasteiger partial charge is 0.253 e. The second-order valence-electron chi connectivity index (χ2n) is 11.1. The maximum atomic E-state index is 4.82. The van der Waals surface area contributed by atoms with Crippen LogP contribution >= 0.6 is 22.7 Å². The predicted octanol–water partition coefficient (Wildman–Crippen LogP) is 8.14. The summed E-state index contributed by atoms with van der Waals surface area (Å²) < 4.78 is 0. The van der Waals surface area contributed by atoms with E-state index in [1.165, 1.54) is 62.6 Å². The Morgan fingerprint density at radius 1 is 0.537 bits per heavy atom. The highest BCUT2D eigenvalue weighted by atomic mass is 32.1. The first-order valence-corrected chi connectivity index (χ1v) is 18.3.